The van der Waals surface area contributed by atoms with Gasteiger partial charge in [0.25, 0.3) is 0 Å². The summed E-state index contributed by atoms with van der Waals surface area (Å²) in [6.07, 6.45) is 3.45. The molecule has 1 aromatic carbocycles. The maximum absolute atomic E-state index is 12.5. The SMILES string of the molecule is CC1(C)C2CCC1(C)C(OC(=O)c1cc(Br)ccc1Br)C2. The minimum atomic E-state index is -0.224. The molecule has 2 bridgehead atoms. The van der Waals surface area contributed by atoms with E-state index in [1.807, 2.05) is 18.2 Å². The van der Waals surface area contributed by atoms with Crippen LogP contribution in [0.3, 0.4) is 0 Å². The van der Waals surface area contributed by atoms with Gasteiger partial charge in [-0.2, -0.15) is 0 Å². The first-order valence-electron chi connectivity index (χ1n) is 7.42. The van der Waals surface area contributed by atoms with Gasteiger partial charge in [0.2, 0.25) is 0 Å². The van der Waals surface area contributed by atoms with E-state index < -0.39 is 0 Å². The van der Waals surface area contributed by atoms with Gasteiger partial charge in [0.1, 0.15) is 6.10 Å². The Hall–Kier alpha value is -0.350. The summed E-state index contributed by atoms with van der Waals surface area (Å²) in [5.41, 5.74) is 0.951. The molecule has 0 heterocycles. The molecule has 0 amide bonds. The first-order valence-corrected chi connectivity index (χ1v) is 9.00. The second-order valence-corrected chi connectivity index (χ2v) is 8.90. The van der Waals surface area contributed by atoms with Crippen LogP contribution in [0.5, 0.6) is 0 Å². The summed E-state index contributed by atoms with van der Waals surface area (Å²) >= 11 is 6.85. The number of hydrogen-bond donors (Lipinski definition) is 0. The molecule has 0 aliphatic heterocycles. The molecular formula is C17H20Br2O2. The molecule has 1 aromatic rings. The highest BCUT2D eigenvalue weighted by Crippen LogP contribution is 2.66. The normalized spacial score (nSPS) is 33.2. The van der Waals surface area contributed by atoms with Gasteiger partial charge in [-0.05, 0) is 64.7 Å². The van der Waals surface area contributed by atoms with Crippen molar-refractivity contribution in [2.75, 3.05) is 0 Å². The van der Waals surface area contributed by atoms with Crippen molar-refractivity contribution in [1.29, 1.82) is 0 Å². The minimum absolute atomic E-state index is 0.0321. The fraction of sp³-hybridized carbons (Fsp3) is 0.588. The van der Waals surface area contributed by atoms with Crippen LogP contribution < -0.4 is 0 Å². The van der Waals surface area contributed by atoms with Crippen LogP contribution in [0.15, 0.2) is 27.1 Å². The van der Waals surface area contributed by atoms with Gasteiger partial charge in [-0.15, -0.1) is 0 Å². The first kappa shape index (κ1) is 15.5. The Labute approximate surface area is 142 Å². The maximum Gasteiger partial charge on any atom is 0.339 e. The molecule has 2 nitrogen and oxygen atoms in total. The predicted molar refractivity (Wildman–Crippen MR) is 90.3 cm³/mol. The quantitative estimate of drug-likeness (QED) is 0.589. The smallest absolute Gasteiger partial charge is 0.339 e. The summed E-state index contributed by atoms with van der Waals surface area (Å²) in [4.78, 5) is 12.5. The summed E-state index contributed by atoms with van der Waals surface area (Å²) < 4.78 is 7.58. The molecule has 0 spiro atoms. The second-order valence-electron chi connectivity index (χ2n) is 7.13. The lowest BCUT2D eigenvalue weighted by Gasteiger charge is -2.38. The number of rotatable bonds is 2. The average Bonchev–Trinajstić information content (AvgIpc) is 2.74. The van der Waals surface area contributed by atoms with E-state index >= 15 is 0 Å². The van der Waals surface area contributed by atoms with Crippen molar-refractivity contribution in [1.82, 2.24) is 0 Å². The minimum Gasteiger partial charge on any atom is -0.458 e. The van der Waals surface area contributed by atoms with Gasteiger partial charge < -0.3 is 4.74 Å². The molecule has 2 aliphatic rings. The zero-order chi connectivity index (χ0) is 15.4. The van der Waals surface area contributed by atoms with E-state index in [4.69, 9.17) is 4.74 Å². The highest BCUT2D eigenvalue weighted by molar-refractivity contribution is 9.11. The molecule has 3 unspecified atom stereocenters. The monoisotopic (exact) mass is 414 g/mol. The predicted octanol–water partition coefficient (Wildman–Crippen LogP) is 5.58. The molecule has 3 rings (SSSR count). The Balaban J connectivity index is 1.82. The van der Waals surface area contributed by atoms with Gasteiger partial charge >= 0.3 is 5.97 Å². The van der Waals surface area contributed by atoms with Crippen molar-refractivity contribution in [3.05, 3.63) is 32.7 Å². The molecule has 2 saturated carbocycles. The van der Waals surface area contributed by atoms with Gasteiger partial charge in [0.05, 0.1) is 5.56 Å². The van der Waals surface area contributed by atoms with E-state index in [-0.39, 0.29) is 22.9 Å². The van der Waals surface area contributed by atoms with Crippen molar-refractivity contribution >= 4 is 37.8 Å². The number of ether oxygens (including phenoxy) is 1. The molecule has 0 saturated heterocycles. The standard InChI is InChI=1S/C17H20Br2O2/c1-16(2)10-6-7-17(16,3)14(8-10)21-15(20)12-9-11(18)4-5-13(12)19/h4-5,9-10,14H,6-8H2,1-3H3. The van der Waals surface area contributed by atoms with Gasteiger partial charge in [-0.3, -0.25) is 0 Å². The van der Waals surface area contributed by atoms with Crippen molar-refractivity contribution in [3.8, 4) is 0 Å². The Bertz CT molecular complexity index is 596. The maximum atomic E-state index is 12.5. The first-order chi connectivity index (χ1) is 9.75. The molecule has 0 radical (unpaired) electrons. The molecule has 2 fully saturated rings. The Kier molecular flexibility index (Phi) is 3.77. The van der Waals surface area contributed by atoms with Crippen LogP contribution in [-0.4, -0.2) is 12.1 Å². The van der Waals surface area contributed by atoms with Crippen LogP contribution in [0.1, 0.15) is 50.4 Å². The lowest BCUT2D eigenvalue weighted by atomic mass is 9.70. The summed E-state index contributed by atoms with van der Waals surface area (Å²) in [6, 6.07) is 5.59. The van der Waals surface area contributed by atoms with Gasteiger partial charge in [0.15, 0.2) is 0 Å². The molecule has 4 heteroatoms. The summed E-state index contributed by atoms with van der Waals surface area (Å²) in [5.74, 6) is 0.448. The van der Waals surface area contributed by atoms with Gasteiger partial charge in [0, 0.05) is 14.4 Å². The van der Waals surface area contributed by atoms with Crippen molar-refractivity contribution in [3.63, 3.8) is 0 Å². The third kappa shape index (κ3) is 2.29. The lowest BCUT2D eigenvalue weighted by molar-refractivity contribution is -0.0243. The molecule has 114 valence electrons. The highest BCUT2D eigenvalue weighted by Gasteiger charge is 2.62. The van der Waals surface area contributed by atoms with E-state index in [0.29, 0.717) is 11.5 Å². The number of carbonyl (C=O) groups is 1. The molecule has 2 aliphatic carbocycles. The van der Waals surface area contributed by atoms with E-state index in [1.165, 1.54) is 6.42 Å². The Morgan fingerprint density at radius 2 is 2.00 bits per heavy atom. The lowest BCUT2D eigenvalue weighted by Crippen LogP contribution is -2.38. The van der Waals surface area contributed by atoms with E-state index in [0.717, 1.165) is 21.8 Å². The van der Waals surface area contributed by atoms with Gasteiger partial charge in [-0.25, -0.2) is 4.79 Å². The van der Waals surface area contributed by atoms with Gasteiger partial charge in [-0.1, -0.05) is 36.7 Å². The average molecular weight is 416 g/mol. The fourth-order valence-corrected chi connectivity index (χ4v) is 4.92. The largest absolute Gasteiger partial charge is 0.458 e. The molecule has 0 aromatic heterocycles. The Morgan fingerprint density at radius 3 is 2.57 bits per heavy atom. The summed E-state index contributed by atoms with van der Waals surface area (Å²) in [7, 11) is 0. The van der Waals surface area contributed by atoms with Crippen LogP contribution in [0.4, 0.5) is 0 Å². The number of esters is 1. The topological polar surface area (TPSA) is 26.3 Å². The van der Waals surface area contributed by atoms with Crippen LogP contribution in [-0.2, 0) is 4.74 Å². The van der Waals surface area contributed by atoms with Crippen molar-refractivity contribution in [2.45, 2.75) is 46.1 Å². The fourth-order valence-electron chi connectivity index (χ4n) is 4.16. The number of benzene rings is 1. The molecular weight excluding hydrogens is 396 g/mol. The van der Waals surface area contributed by atoms with Crippen molar-refractivity contribution in [2.24, 2.45) is 16.7 Å². The third-order valence-corrected chi connectivity index (χ3v) is 7.30. The van der Waals surface area contributed by atoms with Crippen LogP contribution in [0, 0.1) is 16.7 Å². The zero-order valence-electron chi connectivity index (χ0n) is 12.6. The number of carbonyl (C=O) groups excluding carboxylic acids is 1. The number of halogens is 2. The van der Waals surface area contributed by atoms with Crippen LogP contribution >= 0.6 is 31.9 Å². The Morgan fingerprint density at radius 1 is 1.29 bits per heavy atom. The molecule has 21 heavy (non-hydrogen) atoms. The number of fused-ring (bicyclic) bond motifs is 2. The molecule has 0 N–H and O–H groups in total. The second kappa shape index (κ2) is 5.09. The van der Waals surface area contributed by atoms with Crippen molar-refractivity contribution < 1.29 is 9.53 Å². The zero-order valence-corrected chi connectivity index (χ0v) is 15.8. The number of hydrogen-bond acceptors (Lipinski definition) is 2. The van der Waals surface area contributed by atoms with E-state index in [1.54, 1.807) is 0 Å². The van der Waals surface area contributed by atoms with Crippen LogP contribution in [0.25, 0.3) is 0 Å². The van der Waals surface area contributed by atoms with E-state index in [9.17, 15) is 4.79 Å². The summed E-state index contributed by atoms with van der Waals surface area (Å²) in [6.45, 7) is 6.94. The summed E-state index contributed by atoms with van der Waals surface area (Å²) in [5, 5.41) is 0. The highest BCUT2D eigenvalue weighted by atomic mass is 79.9. The third-order valence-electron chi connectivity index (χ3n) is 6.11. The molecule has 3 atom stereocenters. The van der Waals surface area contributed by atoms with Crippen LogP contribution in [0.2, 0.25) is 0 Å². The van der Waals surface area contributed by atoms with E-state index in [2.05, 4.69) is 52.6 Å².